The Morgan fingerprint density at radius 3 is 2.80 bits per heavy atom. The Morgan fingerprint density at radius 1 is 1.10 bits per heavy atom. The van der Waals surface area contributed by atoms with Crippen LogP contribution >= 0.6 is 11.3 Å². The fourth-order valence-electron chi connectivity index (χ4n) is 4.10. The van der Waals surface area contributed by atoms with Gasteiger partial charge in [0.15, 0.2) is 5.13 Å². The van der Waals surface area contributed by atoms with E-state index in [2.05, 4.69) is 39.4 Å². The summed E-state index contributed by atoms with van der Waals surface area (Å²) in [6, 6.07) is 14.4. The number of amides is 1. The van der Waals surface area contributed by atoms with Gasteiger partial charge < -0.3 is 15.0 Å². The van der Waals surface area contributed by atoms with Crippen LogP contribution in [0, 0.1) is 0 Å². The number of nitrogens with one attached hydrogen (secondary N) is 1. The molecule has 1 aromatic heterocycles. The second-order valence-electron chi connectivity index (χ2n) is 7.83. The molecule has 0 spiro atoms. The molecule has 1 amide bonds. The Labute approximate surface area is 180 Å². The van der Waals surface area contributed by atoms with Crippen LogP contribution in [-0.2, 0) is 17.7 Å². The van der Waals surface area contributed by atoms with Gasteiger partial charge in [-0.1, -0.05) is 35.6 Å². The molecule has 1 fully saturated rings. The van der Waals surface area contributed by atoms with Crippen molar-refractivity contribution in [3.8, 4) is 0 Å². The van der Waals surface area contributed by atoms with E-state index in [9.17, 15) is 4.79 Å². The smallest absolute Gasteiger partial charge is 0.251 e. The Hall–Kier alpha value is -2.48. The van der Waals surface area contributed by atoms with Gasteiger partial charge in [-0.3, -0.25) is 9.69 Å². The predicted octanol–water partition coefficient (Wildman–Crippen LogP) is 2.92. The van der Waals surface area contributed by atoms with Crippen LogP contribution in [-0.4, -0.2) is 61.7 Å². The largest absolute Gasteiger partial charge is 0.379 e. The minimum atomic E-state index is -0.0213. The summed E-state index contributed by atoms with van der Waals surface area (Å²) in [4.78, 5) is 22.1. The number of carbonyl (C=O) groups excluding carboxylic acids is 1. The lowest BCUT2D eigenvalue weighted by Crippen LogP contribution is -2.41. The lowest BCUT2D eigenvalue weighted by atomic mass is 10.0. The van der Waals surface area contributed by atoms with Crippen LogP contribution in [0.3, 0.4) is 0 Å². The number of nitrogens with zero attached hydrogens (tertiary/aromatic N) is 3. The summed E-state index contributed by atoms with van der Waals surface area (Å²) < 4.78 is 6.42. The van der Waals surface area contributed by atoms with Gasteiger partial charge in [-0.2, -0.15) is 0 Å². The topological polar surface area (TPSA) is 57.7 Å². The van der Waals surface area contributed by atoms with E-state index < -0.39 is 0 Å². The molecule has 0 radical (unpaired) electrons. The van der Waals surface area contributed by atoms with E-state index in [4.69, 9.17) is 9.72 Å². The number of morpholine rings is 1. The Balaban J connectivity index is 1.24. The summed E-state index contributed by atoms with van der Waals surface area (Å²) in [7, 11) is 0. The molecule has 1 N–H and O–H groups in total. The first-order valence-corrected chi connectivity index (χ1v) is 11.4. The van der Waals surface area contributed by atoms with Gasteiger partial charge in [-0.25, -0.2) is 4.98 Å². The van der Waals surface area contributed by atoms with E-state index in [1.54, 1.807) is 11.3 Å². The number of anilines is 1. The van der Waals surface area contributed by atoms with Crippen LogP contribution in [0.2, 0.25) is 0 Å². The fourth-order valence-corrected chi connectivity index (χ4v) is 5.13. The third kappa shape index (κ3) is 4.19. The lowest BCUT2D eigenvalue weighted by molar-refractivity contribution is 0.0383. The van der Waals surface area contributed by atoms with Crippen molar-refractivity contribution >= 4 is 32.6 Å². The molecule has 6 nitrogen and oxygen atoms in total. The Kier molecular flexibility index (Phi) is 5.66. The van der Waals surface area contributed by atoms with Crippen molar-refractivity contribution in [2.24, 2.45) is 0 Å². The van der Waals surface area contributed by atoms with Crippen LogP contribution in [0.25, 0.3) is 10.2 Å². The number of hydrogen-bond acceptors (Lipinski definition) is 6. The first-order chi connectivity index (χ1) is 14.8. The van der Waals surface area contributed by atoms with Crippen molar-refractivity contribution < 1.29 is 9.53 Å². The summed E-state index contributed by atoms with van der Waals surface area (Å²) >= 11 is 1.67. The van der Waals surface area contributed by atoms with E-state index in [0.717, 1.165) is 67.7 Å². The molecule has 2 aliphatic heterocycles. The van der Waals surface area contributed by atoms with E-state index >= 15 is 0 Å². The molecule has 0 saturated carbocycles. The number of benzene rings is 2. The van der Waals surface area contributed by atoms with Crippen LogP contribution in [0.4, 0.5) is 5.13 Å². The monoisotopic (exact) mass is 422 g/mol. The Morgan fingerprint density at radius 2 is 1.93 bits per heavy atom. The van der Waals surface area contributed by atoms with Crippen molar-refractivity contribution in [1.82, 2.24) is 15.2 Å². The summed E-state index contributed by atoms with van der Waals surface area (Å²) in [5.74, 6) is -0.0213. The van der Waals surface area contributed by atoms with E-state index in [1.807, 2.05) is 18.2 Å². The van der Waals surface area contributed by atoms with Crippen LogP contribution < -0.4 is 10.2 Å². The average molecular weight is 423 g/mol. The van der Waals surface area contributed by atoms with Gasteiger partial charge in [0.05, 0.1) is 23.4 Å². The summed E-state index contributed by atoms with van der Waals surface area (Å²) in [5, 5.41) is 4.08. The molecule has 156 valence electrons. The molecule has 1 saturated heterocycles. The van der Waals surface area contributed by atoms with Crippen LogP contribution in [0.5, 0.6) is 0 Å². The maximum Gasteiger partial charge on any atom is 0.251 e. The first-order valence-electron chi connectivity index (χ1n) is 10.6. The van der Waals surface area contributed by atoms with Gasteiger partial charge in [0.25, 0.3) is 5.91 Å². The zero-order valence-electron chi connectivity index (χ0n) is 17.0. The maximum atomic E-state index is 12.6. The number of thiazole rings is 1. The van der Waals surface area contributed by atoms with Crippen molar-refractivity contribution in [1.29, 1.82) is 0 Å². The fraction of sp³-hybridized carbons (Fsp3) is 0.391. The molecular weight excluding hydrogens is 396 g/mol. The van der Waals surface area contributed by atoms with E-state index in [-0.39, 0.29) is 5.91 Å². The van der Waals surface area contributed by atoms with Crippen LogP contribution in [0.15, 0.2) is 42.5 Å². The molecule has 0 unspecified atom stereocenters. The van der Waals surface area contributed by atoms with Gasteiger partial charge in [0.2, 0.25) is 0 Å². The highest BCUT2D eigenvalue weighted by atomic mass is 32.1. The second kappa shape index (κ2) is 8.71. The van der Waals surface area contributed by atoms with E-state index in [0.29, 0.717) is 12.1 Å². The molecule has 7 heteroatoms. The molecule has 0 bridgehead atoms. The van der Waals surface area contributed by atoms with E-state index in [1.165, 1.54) is 11.1 Å². The minimum absolute atomic E-state index is 0.0213. The normalized spacial score (nSPS) is 17.1. The molecule has 0 aliphatic carbocycles. The minimum Gasteiger partial charge on any atom is -0.379 e. The number of ether oxygens (including phenoxy) is 1. The standard InChI is InChI=1S/C23H26N4O2S/c28-22(24-8-10-26-11-13-29-14-12-26)18-5-6-20-21(15-18)30-23(25-20)27-9-7-17-3-1-2-4-19(17)16-27/h1-6,15H,7-14,16H2,(H,24,28). The van der Waals surface area contributed by atoms with Crippen molar-refractivity contribution in [2.75, 3.05) is 50.8 Å². The van der Waals surface area contributed by atoms with Gasteiger partial charge in [0.1, 0.15) is 0 Å². The van der Waals surface area contributed by atoms with Gasteiger partial charge in [-0.15, -0.1) is 0 Å². The lowest BCUT2D eigenvalue weighted by Gasteiger charge is -2.28. The van der Waals surface area contributed by atoms with Crippen LogP contribution in [0.1, 0.15) is 21.5 Å². The molecule has 30 heavy (non-hydrogen) atoms. The molecule has 3 heterocycles. The number of hydrogen-bond donors (Lipinski definition) is 1. The molecule has 3 aromatic rings. The van der Waals surface area contributed by atoms with Gasteiger partial charge in [-0.05, 0) is 35.7 Å². The highest BCUT2D eigenvalue weighted by Gasteiger charge is 2.19. The highest BCUT2D eigenvalue weighted by molar-refractivity contribution is 7.22. The number of carbonyl (C=O) groups is 1. The first kappa shape index (κ1) is 19.5. The highest BCUT2D eigenvalue weighted by Crippen LogP contribution is 2.32. The molecule has 0 atom stereocenters. The molecular formula is C23H26N4O2S. The number of aromatic nitrogens is 1. The third-order valence-electron chi connectivity index (χ3n) is 5.86. The second-order valence-corrected chi connectivity index (χ2v) is 8.84. The van der Waals surface area contributed by atoms with Gasteiger partial charge >= 0.3 is 0 Å². The third-order valence-corrected chi connectivity index (χ3v) is 6.94. The quantitative estimate of drug-likeness (QED) is 0.685. The Bertz CT molecular complexity index is 1040. The number of fused-ring (bicyclic) bond motifs is 2. The maximum absolute atomic E-state index is 12.6. The SMILES string of the molecule is O=C(NCCN1CCOCC1)c1ccc2nc(N3CCc4ccccc4C3)sc2c1. The number of rotatable bonds is 5. The molecule has 2 aliphatic rings. The molecule has 5 rings (SSSR count). The summed E-state index contributed by atoms with van der Waals surface area (Å²) in [6.07, 6.45) is 1.04. The molecule has 2 aromatic carbocycles. The zero-order chi connectivity index (χ0) is 20.3. The van der Waals surface area contributed by atoms with Crippen molar-refractivity contribution in [2.45, 2.75) is 13.0 Å². The average Bonchev–Trinajstić information content (AvgIpc) is 3.23. The predicted molar refractivity (Wildman–Crippen MR) is 120 cm³/mol. The van der Waals surface area contributed by atoms with Crippen molar-refractivity contribution in [3.63, 3.8) is 0 Å². The zero-order valence-corrected chi connectivity index (χ0v) is 17.8. The van der Waals surface area contributed by atoms with Gasteiger partial charge in [0, 0.05) is 44.8 Å². The summed E-state index contributed by atoms with van der Waals surface area (Å²) in [5.41, 5.74) is 4.47. The van der Waals surface area contributed by atoms with Crippen molar-refractivity contribution in [3.05, 3.63) is 59.2 Å². The summed E-state index contributed by atoms with van der Waals surface area (Å²) in [6.45, 7) is 6.81.